The maximum atomic E-state index is 6.14. The first-order valence-electron chi connectivity index (χ1n) is 7.74. The van der Waals surface area contributed by atoms with E-state index in [-0.39, 0.29) is 5.54 Å². The lowest BCUT2D eigenvalue weighted by atomic mass is 9.86. The van der Waals surface area contributed by atoms with Gasteiger partial charge in [0.2, 0.25) is 0 Å². The molecule has 1 heterocycles. The summed E-state index contributed by atoms with van der Waals surface area (Å²) in [6.45, 7) is 7.87. The minimum Gasteiger partial charge on any atom is -0.309 e. The van der Waals surface area contributed by atoms with Crippen molar-refractivity contribution in [2.45, 2.75) is 57.2 Å². The average molecular weight is 293 g/mol. The summed E-state index contributed by atoms with van der Waals surface area (Å²) in [5.41, 5.74) is 1.91. The van der Waals surface area contributed by atoms with Gasteiger partial charge in [-0.05, 0) is 44.4 Å². The molecule has 110 valence electrons. The van der Waals surface area contributed by atoms with E-state index in [1.54, 1.807) is 0 Å². The van der Waals surface area contributed by atoms with Crippen LogP contribution in [0.4, 0.5) is 0 Å². The van der Waals surface area contributed by atoms with Gasteiger partial charge in [-0.1, -0.05) is 36.6 Å². The van der Waals surface area contributed by atoms with E-state index in [1.807, 2.05) is 6.07 Å². The third kappa shape index (κ3) is 2.88. The fourth-order valence-corrected chi connectivity index (χ4v) is 4.03. The molecule has 1 spiro atoms. The van der Waals surface area contributed by atoms with Gasteiger partial charge in [0.1, 0.15) is 0 Å². The second kappa shape index (κ2) is 5.32. The highest BCUT2D eigenvalue weighted by atomic mass is 35.5. The van der Waals surface area contributed by atoms with Gasteiger partial charge < -0.3 is 5.32 Å². The van der Waals surface area contributed by atoms with Gasteiger partial charge >= 0.3 is 0 Å². The van der Waals surface area contributed by atoms with Crippen molar-refractivity contribution in [2.75, 3.05) is 13.1 Å². The number of nitrogens with zero attached hydrogens (tertiary/aromatic N) is 1. The largest absolute Gasteiger partial charge is 0.309 e. The second-order valence-electron chi connectivity index (χ2n) is 7.15. The molecule has 1 N–H and O–H groups in total. The molecule has 2 aliphatic rings. The first kappa shape index (κ1) is 14.4. The van der Waals surface area contributed by atoms with E-state index in [0.717, 1.165) is 24.7 Å². The fourth-order valence-electron chi connectivity index (χ4n) is 3.82. The third-order valence-electron chi connectivity index (χ3n) is 4.95. The van der Waals surface area contributed by atoms with Crippen LogP contribution in [0.2, 0.25) is 5.02 Å². The van der Waals surface area contributed by atoms with E-state index >= 15 is 0 Å². The SMILES string of the molecule is CC1(C)CN(Cc2cccc(Cl)c2)C2(CCCC2)CN1. The fraction of sp³-hybridized carbons (Fsp3) is 0.647. The van der Waals surface area contributed by atoms with Gasteiger partial charge in [-0.15, -0.1) is 0 Å². The van der Waals surface area contributed by atoms with E-state index in [9.17, 15) is 0 Å². The van der Waals surface area contributed by atoms with Gasteiger partial charge in [-0.25, -0.2) is 0 Å². The summed E-state index contributed by atoms with van der Waals surface area (Å²) in [4.78, 5) is 2.71. The van der Waals surface area contributed by atoms with Gasteiger partial charge in [0.05, 0.1) is 0 Å². The van der Waals surface area contributed by atoms with Crippen LogP contribution in [-0.4, -0.2) is 29.1 Å². The van der Waals surface area contributed by atoms with Crippen molar-refractivity contribution >= 4 is 11.6 Å². The molecule has 1 saturated heterocycles. The van der Waals surface area contributed by atoms with Gasteiger partial charge in [-0.2, -0.15) is 0 Å². The molecule has 1 saturated carbocycles. The highest BCUT2D eigenvalue weighted by molar-refractivity contribution is 6.30. The molecule has 1 aromatic carbocycles. The predicted octanol–water partition coefficient (Wildman–Crippen LogP) is 3.84. The molecule has 1 aliphatic carbocycles. The molecular formula is C17H25ClN2. The third-order valence-corrected chi connectivity index (χ3v) is 5.18. The molecule has 0 radical (unpaired) electrons. The molecule has 3 rings (SSSR count). The Bertz CT molecular complexity index is 478. The molecular weight excluding hydrogens is 268 g/mol. The summed E-state index contributed by atoms with van der Waals surface area (Å²) in [5, 5.41) is 4.60. The number of benzene rings is 1. The van der Waals surface area contributed by atoms with E-state index in [1.165, 1.54) is 31.2 Å². The van der Waals surface area contributed by atoms with Crippen LogP contribution in [0.1, 0.15) is 45.1 Å². The first-order valence-corrected chi connectivity index (χ1v) is 8.12. The first-order chi connectivity index (χ1) is 9.49. The van der Waals surface area contributed by atoms with Crippen molar-refractivity contribution in [3.63, 3.8) is 0 Å². The van der Waals surface area contributed by atoms with Crippen LogP contribution in [0.3, 0.4) is 0 Å². The van der Waals surface area contributed by atoms with Crippen molar-refractivity contribution in [1.82, 2.24) is 10.2 Å². The normalized spacial score (nSPS) is 25.1. The van der Waals surface area contributed by atoms with E-state index in [4.69, 9.17) is 11.6 Å². The molecule has 1 aliphatic heterocycles. The Morgan fingerprint density at radius 3 is 2.70 bits per heavy atom. The Hall–Kier alpha value is -0.570. The maximum absolute atomic E-state index is 6.14. The van der Waals surface area contributed by atoms with Gasteiger partial charge in [0.25, 0.3) is 0 Å². The molecule has 0 atom stereocenters. The van der Waals surface area contributed by atoms with Crippen molar-refractivity contribution in [1.29, 1.82) is 0 Å². The Kier molecular flexibility index (Phi) is 3.83. The lowest BCUT2D eigenvalue weighted by Gasteiger charge is -2.51. The number of halogens is 1. The molecule has 0 amide bonds. The molecule has 3 heteroatoms. The van der Waals surface area contributed by atoms with Crippen LogP contribution in [0, 0.1) is 0 Å². The van der Waals surface area contributed by atoms with E-state index in [0.29, 0.717) is 5.54 Å². The summed E-state index contributed by atoms with van der Waals surface area (Å²) >= 11 is 6.14. The number of hydrogen-bond acceptors (Lipinski definition) is 2. The quantitative estimate of drug-likeness (QED) is 0.891. The number of hydrogen-bond donors (Lipinski definition) is 1. The van der Waals surface area contributed by atoms with Crippen molar-refractivity contribution in [3.05, 3.63) is 34.9 Å². The summed E-state index contributed by atoms with van der Waals surface area (Å²) < 4.78 is 0. The predicted molar refractivity (Wildman–Crippen MR) is 85.1 cm³/mol. The summed E-state index contributed by atoms with van der Waals surface area (Å²) in [6.07, 6.45) is 5.40. The monoisotopic (exact) mass is 292 g/mol. The van der Waals surface area contributed by atoms with Crippen LogP contribution < -0.4 is 5.32 Å². The van der Waals surface area contributed by atoms with Crippen LogP contribution in [0.5, 0.6) is 0 Å². The van der Waals surface area contributed by atoms with Gasteiger partial charge in [-0.3, -0.25) is 4.90 Å². The number of piperazine rings is 1. The Labute approximate surface area is 127 Å². The van der Waals surface area contributed by atoms with Crippen LogP contribution in [0.15, 0.2) is 24.3 Å². The van der Waals surface area contributed by atoms with Crippen molar-refractivity contribution < 1.29 is 0 Å². The standard InChI is InChI=1S/C17H25ClN2/c1-16(2)13-20(11-14-6-5-7-15(18)10-14)17(12-19-16)8-3-4-9-17/h5-7,10,19H,3-4,8-9,11-13H2,1-2H3. The topological polar surface area (TPSA) is 15.3 Å². The summed E-state index contributed by atoms with van der Waals surface area (Å²) in [5.74, 6) is 0. The Morgan fingerprint density at radius 1 is 1.25 bits per heavy atom. The zero-order valence-electron chi connectivity index (χ0n) is 12.6. The van der Waals surface area contributed by atoms with Crippen LogP contribution >= 0.6 is 11.6 Å². The molecule has 2 nitrogen and oxygen atoms in total. The average Bonchev–Trinajstić information content (AvgIpc) is 2.84. The lowest BCUT2D eigenvalue weighted by Crippen LogP contribution is -2.66. The van der Waals surface area contributed by atoms with Crippen LogP contribution in [-0.2, 0) is 6.54 Å². The van der Waals surface area contributed by atoms with E-state index < -0.39 is 0 Å². The van der Waals surface area contributed by atoms with E-state index in [2.05, 4.69) is 42.3 Å². The highest BCUT2D eigenvalue weighted by Crippen LogP contribution is 2.39. The van der Waals surface area contributed by atoms with Crippen molar-refractivity contribution in [2.24, 2.45) is 0 Å². The smallest absolute Gasteiger partial charge is 0.0409 e. The second-order valence-corrected chi connectivity index (χ2v) is 7.59. The molecule has 0 unspecified atom stereocenters. The van der Waals surface area contributed by atoms with Gasteiger partial charge in [0.15, 0.2) is 0 Å². The Balaban J connectivity index is 1.82. The molecule has 1 aromatic rings. The molecule has 20 heavy (non-hydrogen) atoms. The zero-order valence-corrected chi connectivity index (χ0v) is 13.3. The van der Waals surface area contributed by atoms with Crippen LogP contribution in [0.25, 0.3) is 0 Å². The maximum Gasteiger partial charge on any atom is 0.0409 e. The minimum atomic E-state index is 0.201. The zero-order chi connectivity index (χ0) is 14.2. The summed E-state index contributed by atoms with van der Waals surface area (Å²) in [7, 11) is 0. The van der Waals surface area contributed by atoms with Gasteiger partial charge in [0, 0.05) is 35.7 Å². The highest BCUT2D eigenvalue weighted by Gasteiger charge is 2.45. The Morgan fingerprint density at radius 2 is 2.00 bits per heavy atom. The molecule has 0 aromatic heterocycles. The lowest BCUT2D eigenvalue weighted by molar-refractivity contribution is 0.0122. The summed E-state index contributed by atoms with van der Waals surface area (Å²) in [6, 6.07) is 8.33. The molecule has 2 fully saturated rings. The van der Waals surface area contributed by atoms with Crippen molar-refractivity contribution in [3.8, 4) is 0 Å². The number of rotatable bonds is 2. The number of nitrogens with one attached hydrogen (secondary N) is 1. The minimum absolute atomic E-state index is 0.201. The molecule has 0 bridgehead atoms.